The quantitative estimate of drug-likeness (QED) is 0.350. The summed E-state index contributed by atoms with van der Waals surface area (Å²) in [5.74, 6) is -0.00300. The number of fused-ring (bicyclic) bond motifs is 4. The van der Waals surface area contributed by atoms with Crippen LogP contribution < -0.4 is 4.90 Å². The maximum Gasteiger partial charge on any atom is 0.259 e. The van der Waals surface area contributed by atoms with E-state index >= 15 is 0 Å². The smallest absolute Gasteiger partial charge is 0.259 e. The van der Waals surface area contributed by atoms with Gasteiger partial charge in [-0.25, -0.2) is 0 Å². The van der Waals surface area contributed by atoms with Crippen molar-refractivity contribution in [3.63, 3.8) is 0 Å². The first-order valence-corrected chi connectivity index (χ1v) is 10.5. The Morgan fingerprint density at radius 1 is 0.774 bits per heavy atom. The van der Waals surface area contributed by atoms with Crippen molar-refractivity contribution in [3.8, 4) is 0 Å². The van der Waals surface area contributed by atoms with Crippen molar-refractivity contribution in [1.82, 2.24) is 4.98 Å². The van der Waals surface area contributed by atoms with E-state index in [2.05, 4.69) is 53.5 Å². The van der Waals surface area contributed by atoms with Gasteiger partial charge < -0.3 is 4.98 Å². The van der Waals surface area contributed by atoms with Gasteiger partial charge in [-0.05, 0) is 35.0 Å². The lowest BCUT2D eigenvalue weighted by molar-refractivity contribution is 0.0980. The third-order valence-electron chi connectivity index (χ3n) is 6.11. The molecule has 1 N–H and O–H groups in total. The Morgan fingerprint density at radius 3 is 2.39 bits per heavy atom. The van der Waals surface area contributed by atoms with E-state index in [-0.39, 0.29) is 11.9 Å². The number of nitrogens with one attached hydrogen (secondary N) is 1. The number of hydrogen-bond acceptors (Lipinski definition) is 1. The van der Waals surface area contributed by atoms with Crippen LogP contribution >= 0.6 is 0 Å². The number of rotatable bonds is 2. The Hall–Kier alpha value is -4.11. The lowest BCUT2D eigenvalue weighted by atomic mass is 9.93. The SMILES string of the molecule is O=C(c1ccccc1)N1c2ccc3ccccc3c2C=CC1c1c[nH]c2ccccc12. The van der Waals surface area contributed by atoms with Crippen LogP contribution in [-0.2, 0) is 0 Å². The first-order valence-electron chi connectivity index (χ1n) is 10.5. The molecule has 1 aromatic heterocycles. The number of amides is 1. The molecule has 1 aliphatic rings. The van der Waals surface area contributed by atoms with Crippen LogP contribution in [0.3, 0.4) is 0 Å². The Labute approximate surface area is 180 Å². The van der Waals surface area contributed by atoms with E-state index in [0.29, 0.717) is 5.56 Å². The molecule has 1 unspecified atom stereocenters. The summed E-state index contributed by atoms with van der Waals surface area (Å²) in [6.45, 7) is 0. The van der Waals surface area contributed by atoms with Gasteiger partial charge in [0.2, 0.25) is 0 Å². The van der Waals surface area contributed by atoms with E-state index in [1.54, 1.807) is 0 Å². The lowest BCUT2D eigenvalue weighted by Gasteiger charge is -2.34. The van der Waals surface area contributed by atoms with Gasteiger partial charge in [0.05, 0.1) is 11.7 Å². The number of nitrogens with zero attached hydrogens (tertiary/aromatic N) is 1. The highest BCUT2D eigenvalue weighted by molar-refractivity contribution is 6.11. The van der Waals surface area contributed by atoms with Crippen LogP contribution in [0.25, 0.3) is 27.8 Å². The molecule has 0 fully saturated rings. The second kappa shape index (κ2) is 6.99. The standard InChI is InChI=1S/C28H20N2O/c31-28(20-9-2-1-3-10-20)30-26-16-14-19-8-4-5-11-21(19)23(26)15-17-27(30)24-18-29-25-13-7-6-12-22(24)25/h1-18,27,29H. The van der Waals surface area contributed by atoms with E-state index in [1.807, 2.05) is 65.7 Å². The number of benzene rings is 4. The van der Waals surface area contributed by atoms with Gasteiger partial charge in [-0.3, -0.25) is 9.69 Å². The van der Waals surface area contributed by atoms with Crippen molar-refractivity contribution in [2.24, 2.45) is 0 Å². The summed E-state index contributed by atoms with van der Waals surface area (Å²) in [4.78, 5) is 19.1. The molecule has 1 aliphatic heterocycles. The van der Waals surface area contributed by atoms with Crippen LogP contribution in [0.2, 0.25) is 0 Å². The number of carbonyl (C=O) groups excluding carboxylic acids is 1. The fourth-order valence-electron chi connectivity index (χ4n) is 4.63. The summed E-state index contributed by atoms with van der Waals surface area (Å²) in [5.41, 5.74) is 4.86. The van der Waals surface area contributed by atoms with Crippen molar-refractivity contribution >= 4 is 39.3 Å². The predicted molar refractivity (Wildman–Crippen MR) is 127 cm³/mol. The molecule has 3 heteroatoms. The van der Waals surface area contributed by atoms with Crippen molar-refractivity contribution in [3.05, 3.63) is 120 Å². The summed E-state index contributed by atoms with van der Waals surface area (Å²) in [7, 11) is 0. The third-order valence-corrected chi connectivity index (χ3v) is 6.11. The van der Waals surface area contributed by atoms with E-state index < -0.39 is 0 Å². The van der Waals surface area contributed by atoms with Crippen LogP contribution in [0.1, 0.15) is 27.5 Å². The average molecular weight is 400 g/mol. The number of H-pyrrole nitrogens is 1. The fourth-order valence-corrected chi connectivity index (χ4v) is 4.63. The zero-order valence-corrected chi connectivity index (χ0v) is 16.8. The van der Waals surface area contributed by atoms with Crippen LogP contribution in [0.5, 0.6) is 0 Å². The molecule has 3 nitrogen and oxygen atoms in total. The van der Waals surface area contributed by atoms with Crippen LogP contribution in [0, 0.1) is 0 Å². The van der Waals surface area contributed by atoms with Gasteiger partial charge in [0, 0.05) is 33.8 Å². The van der Waals surface area contributed by atoms with E-state index in [1.165, 1.54) is 5.39 Å². The van der Waals surface area contributed by atoms with Crippen LogP contribution in [0.4, 0.5) is 5.69 Å². The molecule has 0 bridgehead atoms. The maximum absolute atomic E-state index is 13.8. The van der Waals surface area contributed by atoms with Gasteiger partial charge in [0.25, 0.3) is 5.91 Å². The largest absolute Gasteiger partial charge is 0.361 e. The third kappa shape index (κ3) is 2.78. The molecular formula is C28H20N2O. The van der Waals surface area contributed by atoms with Crippen LogP contribution in [0.15, 0.2) is 103 Å². The number of aromatic amines is 1. The highest BCUT2D eigenvalue weighted by Gasteiger charge is 2.32. The average Bonchev–Trinajstić information content (AvgIpc) is 3.27. The van der Waals surface area contributed by atoms with Gasteiger partial charge in [0.15, 0.2) is 0 Å². The maximum atomic E-state index is 13.8. The molecule has 0 saturated carbocycles. The highest BCUT2D eigenvalue weighted by Crippen LogP contribution is 2.42. The van der Waals surface area contributed by atoms with E-state index in [4.69, 9.17) is 0 Å². The summed E-state index contributed by atoms with van der Waals surface area (Å²) in [5, 5.41) is 3.45. The van der Waals surface area contributed by atoms with Crippen molar-refractivity contribution in [2.45, 2.75) is 6.04 Å². The lowest BCUT2D eigenvalue weighted by Crippen LogP contribution is -2.36. The minimum absolute atomic E-state index is 0.00300. The number of aromatic nitrogens is 1. The molecule has 1 amide bonds. The van der Waals surface area contributed by atoms with Gasteiger partial charge >= 0.3 is 0 Å². The zero-order chi connectivity index (χ0) is 20.8. The zero-order valence-electron chi connectivity index (χ0n) is 16.8. The minimum atomic E-state index is -0.197. The molecule has 2 heterocycles. The molecular weight excluding hydrogens is 380 g/mol. The molecule has 4 aromatic carbocycles. The van der Waals surface area contributed by atoms with Gasteiger partial charge in [-0.1, -0.05) is 78.9 Å². The summed E-state index contributed by atoms with van der Waals surface area (Å²) in [6, 6.07) is 30.1. The Bertz CT molecular complexity index is 1460. The molecule has 1 atom stereocenters. The molecule has 148 valence electrons. The molecule has 6 rings (SSSR count). The van der Waals surface area contributed by atoms with Crippen molar-refractivity contribution < 1.29 is 4.79 Å². The number of carbonyl (C=O) groups is 1. The Balaban J connectivity index is 1.59. The van der Waals surface area contributed by atoms with Crippen molar-refractivity contribution in [1.29, 1.82) is 0 Å². The first-order chi connectivity index (χ1) is 15.3. The minimum Gasteiger partial charge on any atom is -0.361 e. The molecule has 5 aromatic rings. The van der Waals surface area contributed by atoms with Gasteiger partial charge in [-0.2, -0.15) is 0 Å². The van der Waals surface area contributed by atoms with Crippen LogP contribution in [-0.4, -0.2) is 10.9 Å². The molecule has 31 heavy (non-hydrogen) atoms. The monoisotopic (exact) mass is 400 g/mol. The fraction of sp³-hybridized carbons (Fsp3) is 0.0357. The molecule has 0 saturated heterocycles. The number of hydrogen-bond donors (Lipinski definition) is 1. The highest BCUT2D eigenvalue weighted by atomic mass is 16.2. The van der Waals surface area contributed by atoms with Crippen molar-refractivity contribution in [2.75, 3.05) is 4.90 Å². The summed E-state index contributed by atoms with van der Waals surface area (Å²) >= 11 is 0. The van der Waals surface area contributed by atoms with E-state index in [0.717, 1.165) is 33.1 Å². The Kier molecular flexibility index (Phi) is 4.00. The van der Waals surface area contributed by atoms with Gasteiger partial charge in [0.1, 0.15) is 0 Å². The van der Waals surface area contributed by atoms with E-state index in [9.17, 15) is 4.79 Å². The molecule has 0 aliphatic carbocycles. The number of anilines is 1. The Morgan fingerprint density at radius 2 is 1.52 bits per heavy atom. The molecule has 0 radical (unpaired) electrons. The normalized spacial score (nSPS) is 15.4. The summed E-state index contributed by atoms with van der Waals surface area (Å²) < 4.78 is 0. The topological polar surface area (TPSA) is 36.1 Å². The summed E-state index contributed by atoms with van der Waals surface area (Å²) in [6.07, 6.45) is 6.33. The van der Waals surface area contributed by atoms with Gasteiger partial charge in [-0.15, -0.1) is 0 Å². The first kappa shape index (κ1) is 17.7. The molecule has 0 spiro atoms. The predicted octanol–water partition coefficient (Wildman–Crippen LogP) is 6.74. The second-order valence-corrected chi connectivity index (χ2v) is 7.85. The number of para-hydroxylation sites is 1. The second-order valence-electron chi connectivity index (χ2n) is 7.85.